The fourth-order valence-electron chi connectivity index (χ4n) is 2.69. The first kappa shape index (κ1) is 20.8. The molecule has 0 spiro atoms. The molecule has 1 aromatic heterocycles. The van der Waals surface area contributed by atoms with Crippen molar-refractivity contribution < 1.29 is 17.6 Å². The van der Waals surface area contributed by atoms with Gasteiger partial charge in [0.15, 0.2) is 5.17 Å². The Morgan fingerprint density at radius 2 is 1.74 bits per heavy atom. The van der Waals surface area contributed by atoms with E-state index in [1.165, 1.54) is 12.1 Å². The smallest absolute Gasteiger partial charge is 0.264 e. The number of sulfonamides is 1. The van der Waals surface area contributed by atoms with Crippen molar-refractivity contribution in [2.24, 2.45) is 15.3 Å². The maximum absolute atomic E-state index is 12.2. The van der Waals surface area contributed by atoms with Gasteiger partial charge in [0, 0.05) is 11.6 Å². The van der Waals surface area contributed by atoms with Gasteiger partial charge in [0.2, 0.25) is 10.0 Å². The highest BCUT2D eigenvalue weighted by Crippen LogP contribution is 2.29. The molecule has 0 atom stereocenters. The van der Waals surface area contributed by atoms with Gasteiger partial charge in [-0.2, -0.15) is 5.10 Å². The number of furan rings is 1. The molecule has 1 amide bonds. The van der Waals surface area contributed by atoms with Crippen molar-refractivity contribution in [1.82, 2.24) is 5.32 Å². The number of primary sulfonamides is 1. The number of hydrogen-bond donors (Lipinski definition) is 2. The van der Waals surface area contributed by atoms with Gasteiger partial charge in [0.05, 0.1) is 16.0 Å². The van der Waals surface area contributed by atoms with Crippen LogP contribution < -0.4 is 10.5 Å². The number of carbonyl (C=O) groups is 1. The zero-order chi connectivity index (χ0) is 21.8. The number of nitrogens with zero attached hydrogens (tertiary/aromatic N) is 2. The predicted molar refractivity (Wildman–Crippen MR) is 121 cm³/mol. The molecule has 1 fully saturated rings. The Morgan fingerprint density at radius 1 is 1.00 bits per heavy atom. The van der Waals surface area contributed by atoms with E-state index in [9.17, 15) is 13.2 Å². The summed E-state index contributed by atoms with van der Waals surface area (Å²) in [7, 11) is -3.75. The van der Waals surface area contributed by atoms with Crippen LogP contribution in [0.4, 0.5) is 0 Å². The lowest BCUT2D eigenvalue weighted by Gasteiger charge is -2.00. The van der Waals surface area contributed by atoms with E-state index in [0.29, 0.717) is 27.2 Å². The van der Waals surface area contributed by atoms with Crippen LogP contribution in [0.15, 0.2) is 91.2 Å². The Morgan fingerprint density at radius 3 is 2.45 bits per heavy atom. The average Bonchev–Trinajstić information content (AvgIpc) is 3.35. The summed E-state index contributed by atoms with van der Waals surface area (Å²) in [5, 5.41) is 16.1. The van der Waals surface area contributed by atoms with Gasteiger partial charge in [-0.15, -0.1) is 5.10 Å². The summed E-state index contributed by atoms with van der Waals surface area (Å²) in [6.07, 6.45) is 3.20. The molecule has 0 unspecified atom stereocenters. The summed E-state index contributed by atoms with van der Waals surface area (Å²) < 4.78 is 28.5. The molecular formula is C21H16N4O4S2. The molecule has 0 radical (unpaired) electrons. The van der Waals surface area contributed by atoms with Gasteiger partial charge in [-0.3, -0.25) is 10.1 Å². The zero-order valence-corrected chi connectivity index (χ0v) is 17.6. The Hall–Kier alpha value is -3.47. The molecule has 156 valence electrons. The second-order valence-electron chi connectivity index (χ2n) is 6.40. The molecule has 1 aliphatic rings. The number of benzene rings is 2. The van der Waals surface area contributed by atoms with Gasteiger partial charge in [-0.1, -0.05) is 30.3 Å². The van der Waals surface area contributed by atoms with E-state index in [1.54, 1.807) is 36.6 Å². The van der Waals surface area contributed by atoms with E-state index in [0.717, 1.165) is 17.3 Å². The maximum Gasteiger partial charge on any atom is 0.264 e. The highest BCUT2D eigenvalue weighted by atomic mass is 32.2. The van der Waals surface area contributed by atoms with Gasteiger partial charge in [0.1, 0.15) is 11.5 Å². The lowest BCUT2D eigenvalue weighted by Crippen LogP contribution is -2.19. The lowest BCUT2D eigenvalue weighted by atomic mass is 10.2. The predicted octanol–water partition coefficient (Wildman–Crippen LogP) is 3.19. The Balaban J connectivity index is 1.47. The summed E-state index contributed by atoms with van der Waals surface area (Å²) in [4.78, 5) is 12.6. The molecule has 3 aromatic rings. The van der Waals surface area contributed by atoms with Crippen molar-refractivity contribution >= 4 is 45.2 Å². The normalized spacial score (nSPS) is 17.0. The van der Waals surface area contributed by atoms with Crippen LogP contribution in [-0.4, -0.2) is 25.7 Å². The molecule has 1 aliphatic heterocycles. The molecule has 8 nitrogen and oxygen atoms in total. The molecule has 4 rings (SSSR count). The minimum Gasteiger partial charge on any atom is -0.457 e. The van der Waals surface area contributed by atoms with Gasteiger partial charge in [-0.05, 0) is 53.7 Å². The van der Waals surface area contributed by atoms with Crippen molar-refractivity contribution in [3.8, 4) is 11.3 Å². The first-order valence-electron chi connectivity index (χ1n) is 8.98. The van der Waals surface area contributed by atoms with E-state index in [4.69, 9.17) is 9.56 Å². The van der Waals surface area contributed by atoms with Gasteiger partial charge in [-0.25, -0.2) is 13.6 Å². The molecule has 0 saturated carbocycles. The number of rotatable bonds is 5. The molecule has 2 aromatic carbocycles. The van der Waals surface area contributed by atoms with Gasteiger partial charge < -0.3 is 4.42 Å². The monoisotopic (exact) mass is 452 g/mol. The lowest BCUT2D eigenvalue weighted by molar-refractivity contribution is -0.115. The fourth-order valence-corrected chi connectivity index (χ4v) is 3.96. The fraction of sp³-hybridized carbons (Fsp3) is 0. The van der Waals surface area contributed by atoms with Crippen LogP contribution >= 0.6 is 11.8 Å². The number of amides is 1. The number of amidine groups is 1. The second kappa shape index (κ2) is 8.72. The first-order valence-corrected chi connectivity index (χ1v) is 11.3. The quantitative estimate of drug-likeness (QED) is 0.349. The molecule has 1 saturated heterocycles. The topological polar surface area (TPSA) is 127 Å². The van der Waals surface area contributed by atoms with Crippen LogP contribution in [-0.2, 0) is 14.8 Å². The number of nitrogens with two attached hydrogens (primary N) is 1. The van der Waals surface area contributed by atoms with E-state index < -0.39 is 10.0 Å². The molecule has 0 aliphatic carbocycles. The summed E-state index contributed by atoms with van der Waals surface area (Å²) in [6.45, 7) is 0. The molecule has 10 heteroatoms. The molecule has 0 bridgehead atoms. The third-order valence-corrected chi connectivity index (χ3v) is 6.00. The number of nitrogens with one attached hydrogen (secondary N) is 1. The van der Waals surface area contributed by atoms with Crippen LogP contribution in [0.25, 0.3) is 17.4 Å². The third kappa shape index (κ3) is 5.18. The minimum atomic E-state index is -3.75. The summed E-state index contributed by atoms with van der Waals surface area (Å²) in [6, 6.07) is 19.0. The average molecular weight is 453 g/mol. The summed E-state index contributed by atoms with van der Waals surface area (Å²) in [5.41, 5.74) is 1.58. The van der Waals surface area contributed by atoms with E-state index >= 15 is 0 Å². The molecule has 31 heavy (non-hydrogen) atoms. The SMILES string of the molecule is NS(=O)(=O)c1ccc(-c2ccc(C=C3SC(=NN=Cc4ccccc4)NC3=O)o2)cc1. The van der Waals surface area contributed by atoms with Gasteiger partial charge >= 0.3 is 0 Å². The Kier molecular flexibility index (Phi) is 5.85. The largest absolute Gasteiger partial charge is 0.457 e. The number of carbonyl (C=O) groups excluding carboxylic acids is 1. The van der Waals surface area contributed by atoms with Crippen LogP contribution in [0.2, 0.25) is 0 Å². The van der Waals surface area contributed by atoms with Crippen molar-refractivity contribution in [3.63, 3.8) is 0 Å². The van der Waals surface area contributed by atoms with Crippen molar-refractivity contribution in [3.05, 3.63) is 83.0 Å². The Labute approximate surface area is 182 Å². The number of thioether (sulfide) groups is 1. The van der Waals surface area contributed by atoms with Gasteiger partial charge in [0.25, 0.3) is 5.91 Å². The van der Waals surface area contributed by atoms with Crippen LogP contribution in [0.3, 0.4) is 0 Å². The zero-order valence-electron chi connectivity index (χ0n) is 15.9. The summed E-state index contributed by atoms with van der Waals surface area (Å²) in [5.74, 6) is 0.698. The first-order chi connectivity index (χ1) is 14.9. The van der Waals surface area contributed by atoms with Crippen molar-refractivity contribution in [1.29, 1.82) is 0 Å². The Bertz CT molecular complexity index is 1310. The van der Waals surface area contributed by atoms with E-state index in [1.807, 2.05) is 30.3 Å². The maximum atomic E-state index is 12.2. The second-order valence-corrected chi connectivity index (χ2v) is 8.99. The molecule has 3 N–H and O–H groups in total. The molecular weight excluding hydrogens is 436 g/mol. The summed E-state index contributed by atoms with van der Waals surface area (Å²) >= 11 is 1.15. The van der Waals surface area contributed by atoms with Crippen LogP contribution in [0.1, 0.15) is 11.3 Å². The van der Waals surface area contributed by atoms with E-state index in [2.05, 4.69) is 15.5 Å². The number of hydrogen-bond acceptors (Lipinski definition) is 7. The van der Waals surface area contributed by atoms with Crippen molar-refractivity contribution in [2.45, 2.75) is 4.90 Å². The third-order valence-electron chi connectivity index (χ3n) is 4.17. The minimum absolute atomic E-state index is 0.0194. The van der Waals surface area contributed by atoms with Crippen molar-refractivity contribution in [2.75, 3.05) is 0 Å². The standard InChI is InChI=1S/C21H16N4O4S2/c22-31(27,28)17-9-6-15(7-10-17)18-11-8-16(29-18)12-19-20(26)24-21(30-19)25-23-13-14-4-2-1-3-5-14/h1-13H,(H2,22,27,28)(H,24,25,26). The van der Waals surface area contributed by atoms with E-state index in [-0.39, 0.29) is 10.8 Å². The van der Waals surface area contributed by atoms with Crippen LogP contribution in [0, 0.1) is 0 Å². The highest BCUT2D eigenvalue weighted by Gasteiger charge is 2.24. The molecule has 2 heterocycles. The highest BCUT2D eigenvalue weighted by molar-refractivity contribution is 8.18. The van der Waals surface area contributed by atoms with Crippen LogP contribution in [0.5, 0.6) is 0 Å².